The molecular weight excluding hydrogens is 1920 g/mol. The van der Waals surface area contributed by atoms with Gasteiger partial charge in [-0.2, -0.15) is 0 Å². The number of carbonyl (C=O) groups excluding carboxylic acids is 19. The summed E-state index contributed by atoms with van der Waals surface area (Å²) in [6.07, 6.45) is 7.53. The Morgan fingerprint density at radius 1 is 0.376 bits per heavy atom. The number of rotatable bonds is 37. The molecule has 2 aromatic rings. The van der Waals surface area contributed by atoms with Crippen molar-refractivity contribution in [2.75, 3.05) is 46.0 Å². The largest absolute Gasteiger partial charge is 0.447 e. The van der Waals surface area contributed by atoms with E-state index in [9.17, 15) is 91.1 Å². The maximum Gasteiger partial charge on any atom is 0.407 e. The highest BCUT2D eigenvalue weighted by atomic mass is 16.6. The second kappa shape index (κ2) is 47.1. The number of nitrogens with zero attached hydrogens (tertiary/aromatic N) is 3. The van der Waals surface area contributed by atoms with E-state index in [2.05, 4.69) is 83.0 Å². The molecule has 2 aromatic carbocycles. The number of carbonyl (C=O) groups is 19. The molecule has 3 unspecified atom stereocenters. The second-order valence-electron chi connectivity index (χ2n) is 50.9. The minimum absolute atomic E-state index is 0.0103. The third-order valence-corrected chi connectivity index (χ3v) is 32.1. The minimum Gasteiger partial charge on any atom is -0.447 e. The molecule has 41 heteroatoms. The van der Waals surface area contributed by atoms with E-state index >= 15 is 0 Å². The van der Waals surface area contributed by atoms with Gasteiger partial charge >= 0.3 is 42.4 Å². The van der Waals surface area contributed by atoms with Gasteiger partial charge in [0.25, 0.3) is 17.7 Å². The van der Waals surface area contributed by atoms with Gasteiger partial charge in [-0.15, -0.1) is 0 Å². The van der Waals surface area contributed by atoms with Crippen LogP contribution in [0.5, 0.6) is 0 Å². The average Bonchev–Trinajstić information content (AvgIpc) is 1.53. The Labute approximate surface area is 875 Å². The first-order valence-electron chi connectivity index (χ1n) is 52.7. The molecule has 12 rings (SSSR count). The van der Waals surface area contributed by atoms with Crippen molar-refractivity contribution in [2.24, 2.45) is 120 Å². The first kappa shape index (κ1) is 119. The van der Waals surface area contributed by atoms with E-state index in [4.69, 9.17) is 31.4 Å². The topological polar surface area (TPSA) is 596 Å². The Balaban J connectivity index is 0.000000229. The second-order valence-corrected chi connectivity index (χ2v) is 50.9. The lowest BCUT2D eigenvalue weighted by molar-refractivity contribution is -0.145. The highest BCUT2D eigenvalue weighted by molar-refractivity contribution is 6.39. The number of hydrogen-bond acceptors (Lipinski definition) is 22. The molecule has 0 radical (unpaired) electrons. The number of primary amides is 3. The van der Waals surface area contributed by atoms with Crippen molar-refractivity contribution in [3.8, 4) is 0 Å². The third kappa shape index (κ3) is 30.6. The number of ketones is 3. The van der Waals surface area contributed by atoms with Crippen molar-refractivity contribution in [1.29, 1.82) is 0 Å². The summed E-state index contributed by atoms with van der Waals surface area (Å²) in [5, 5.41) is 35.5. The number of benzene rings is 2. The fourth-order valence-electron chi connectivity index (χ4n) is 21.7. The van der Waals surface area contributed by atoms with Gasteiger partial charge in [0.1, 0.15) is 56.1 Å². The van der Waals surface area contributed by atoms with Crippen molar-refractivity contribution in [3.63, 3.8) is 0 Å². The van der Waals surface area contributed by atoms with Crippen LogP contribution in [0, 0.1) is 102 Å². The predicted molar refractivity (Wildman–Crippen MR) is 553 cm³/mol. The highest BCUT2D eigenvalue weighted by Gasteiger charge is 2.73. The number of amides is 20. The van der Waals surface area contributed by atoms with Gasteiger partial charge in [-0.25, -0.2) is 33.6 Å². The summed E-state index contributed by atoms with van der Waals surface area (Å²) in [5.41, 5.74) is 14.8. The molecule has 18 atom stereocenters. The molecule has 10 aliphatic rings. The Morgan fingerprint density at radius 2 is 0.691 bits per heavy atom. The van der Waals surface area contributed by atoms with Crippen molar-refractivity contribution in [1.82, 2.24) is 83.8 Å². The van der Waals surface area contributed by atoms with E-state index in [1.54, 1.807) is 6.92 Å². The van der Waals surface area contributed by atoms with Crippen LogP contribution in [0.15, 0.2) is 54.6 Å². The van der Waals surface area contributed by atoms with Gasteiger partial charge in [-0.3, -0.25) is 62.9 Å². The summed E-state index contributed by atoms with van der Waals surface area (Å²) in [6.45, 7) is 48.6. The average molecular weight is 2080 g/mol. The van der Waals surface area contributed by atoms with Crippen LogP contribution in [0.3, 0.4) is 0 Å². The van der Waals surface area contributed by atoms with Gasteiger partial charge in [0, 0.05) is 38.3 Å². The van der Waals surface area contributed by atoms with Gasteiger partial charge in [0.15, 0.2) is 0 Å². The van der Waals surface area contributed by atoms with Crippen molar-refractivity contribution >= 4 is 113 Å². The SMILES string of the molecule is CC(C)(C)NC(=O)OC[C@@H](NC(=O)N[C@H](C(=O)N1C[C@H]2[C@@H]([C@H]1C(=O)NC(CC1CC1)C(=O)C(N)=O)C2(C)C)C(C)(C)C)C(C)(C)C.CC(C)(C)[C@H](COC(=O)NCc1ccccc1)NC(=O)N[C@H](C(=O)N1C[C@H]2[C@@H]([C@H]1C(=O)NC(CC1CCC1)C(=O)C(N)=O)C2(C)C)C(C)(C)C.CCNC(=O)OC[C@@H](NC(=O)NC(=O)N[C@H](C(=O)N1C[C@H]2[C@@H]([C@H]1C(=O)NC(CC1CCC1)C(=O)C(N)=O)C2(C)C)C1Cc2ccccc2C1)C(C)(C)C. The Morgan fingerprint density at radius 3 is 1.00 bits per heavy atom. The number of fused-ring (bicyclic) bond motifs is 4. The van der Waals surface area contributed by atoms with Crippen LogP contribution in [0.2, 0.25) is 0 Å². The minimum atomic E-state index is -1.12. The van der Waals surface area contributed by atoms with E-state index in [1.165, 1.54) is 14.7 Å². The summed E-state index contributed by atoms with van der Waals surface area (Å²) in [5.74, 6) is -8.80. The van der Waals surface area contributed by atoms with E-state index in [1.807, 2.05) is 207 Å². The first-order valence-corrected chi connectivity index (χ1v) is 52.7. The molecule has 3 aliphatic heterocycles. The van der Waals surface area contributed by atoms with Crippen molar-refractivity contribution in [2.45, 2.75) is 341 Å². The molecule has 149 heavy (non-hydrogen) atoms. The Bertz CT molecular complexity index is 5280. The van der Waals surface area contributed by atoms with Crippen molar-refractivity contribution in [3.05, 3.63) is 71.3 Å². The molecule has 0 aromatic heterocycles. The number of piperidine rings is 3. The number of urea groups is 4. The monoisotopic (exact) mass is 2080 g/mol. The molecule has 826 valence electrons. The molecule has 3 saturated heterocycles. The zero-order chi connectivity index (χ0) is 111. The number of imide groups is 1. The van der Waals surface area contributed by atoms with Gasteiger partial charge in [0.2, 0.25) is 52.8 Å². The standard InChI is InChI=1S/C38H55N7O8.C37H56N6O7.C33H56N6O7/c1-7-40-36(52)53-19-26(37(2,3)4)42-34(50)44-35(51)43-28(23-16-21-13-8-9-14-22(21)17-23)33(49)45-18-24-27(38(24,5)6)29(45)32(48)41-25(30(46)31(39)47)15-20-11-10-12-20;1-35(2,3)25(20-50-34(49)39-18-22-13-10-9-11-14-22)41-33(48)42-29(36(4,5)6)32(47)43-19-23-26(37(23,7)8)27(43)31(46)40-24(28(44)30(38)45)17-21-15-12-16-21;1-30(2,3)20(16-46-29(45)38-32(7,8)9)36-28(44)37-24(31(4,5)6)27(43)39-15-18-21(33(18,10)11)22(39)26(42)35-19(14-17-12-13-17)23(40)25(34)41/h8-9,13-14,20,23-29H,7,10-12,15-19H2,1-6H3,(H2,39,47)(H,40,52)(H,41,48)(H3,42,43,44,50,51);9-11,13-14,21,23-27,29H,12,15-20H2,1-8H3,(H2,38,45)(H,39,49)(H,40,46)(H2,41,42,48);17-22,24H,12-16H2,1-11H3,(H2,34,41)(H,35,42)(H,38,45)(H2,36,37,44)/t24-,25?,26+,27-,28-,29-;23-,24?,25-,26-,27-,29+;18-,19?,20+,21-,22-,24+/m000/s1. The smallest absolute Gasteiger partial charge is 0.407 e. The molecule has 6 saturated carbocycles. The summed E-state index contributed by atoms with van der Waals surface area (Å²) in [7, 11) is 0. The van der Waals surface area contributed by atoms with E-state index in [0.29, 0.717) is 58.3 Å². The van der Waals surface area contributed by atoms with Gasteiger partial charge in [-0.1, -0.05) is 251 Å². The fourth-order valence-corrected chi connectivity index (χ4v) is 21.7. The van der Waals surface area contributed by atoms with Crippen LogP contribution in [-0.2, 0) is 91.1 Å². The molecule has 0 bridgehead atoms. The van der Waals surface area contributed by atoms with Crippen molar-refractivity contribution < 1.29 is 105 Å². The van der Waals surface area contributed by atoms with Gasteiger partial charge in [0.05, 0.1) is 36.3 Å². The van der Waals surface area contributed by atoms with Crippen LogP contribution in [0.1, 0.15) is 260 Å². The summed E-state index contributed by atoms with van der Waals surface area (Å²) in [6, 6.07) is 3.31. The molecular formula is C108H167N19O22. The Hall–Kier alpha value is -12.2. The van der Waals surface area contributed by atoms with Crippen LogP contribution >= 0.6 is 0 Å². The van der Waals surface area contributed by atoms with Crippen LogP contribution in [-0.4, -0.2) is 252 Å². The van der Waals surface area contributed by atoms with E-state index in [0.717, 1.165) is 68.1 Å². The van der Waals surface area contributed by atoms with Crippen LogP contribution in [0.4, 0.5) is 33.6 Å². The number of alkyl carbamates (subject to hydrolysis) is 3. The van der Waals surface area contributed by atoms with Crippen LogP contribution in [0.25, 0.3) is 0 Å². The molecule has 0 spiro atoms. The quantitative estimate of drug-likeness (QED) is 0.0226. The Kier molecular flexibility index (Phi) is 37.5. The zero-order valence-corrected chi connectivity index (χ0v) is 91.8. The molecule has 20 amide bonds. The number of nitrogens with one attached hydrogen (secondary N) is 13. The maximum atomic E-state index is 14.7. The zero-order valence-electron chi connectivity index (χ0n) is 91.8. The molecule has 9 fully saturated rings. The summed E-state index contributed by atoms with van der Waals surface area (Å²) < 4.78 is 16.1. The number of likely N-dealkylation sites (tertiary alicyclic amines) is 3. The lowest BCUT2D eigenvalue weighted by Crippen LogP contribution is -2.62. The summed E-state index contributed by atoms with van der Waals surface area (Å²) in [4.78, 5) is 254. The molecule has 3 heterocycles. The molecule has 7 aliphatic carbocycles. The summed E-state index contributed by atoms with van der Waals surface area (Å²) >= 11 is 0. The van der Waals surface area contributed by atoms with E-state index in [-0.39, 0.29) is 102 Å². The number of Topliss-reactive ketones (excluding diaryl/α,β-unsaturated/α-hetero) is 3. The molecule has 19 N–H and O–H groups in total. The fraction of sp³-hybridized carbons (Fsp3) is 0.713. The van der Waals surface area contributed by atoms with E-state index < -0.39 is 218 Å². The maximum absolute atomic E-state index is 14.7. The lowest BCUT2D eigenvalue weighted by atomic mass is 9.80. The van der Waals surface area contributed by atoms with Gasteiger partial charge < -0.3 is 110 Å². The predicted octanol–water partition coefficient (Wildman–Crippen LogP) is 7.87. The lowest BCUT2D eigenvalue weighted by Gasteiger charge is -2.39. The number of hydrogen-bond donors (Lipinski definition) is 16. The van der Waals surface area contributed by atoms with Gasteiger partial charge in [-0.05, 0) is 179 Å². The normalized spacial score (nSPS) is 23.4. The number of ether oxygens (including phenoxy) is 3. The molecule has 41 nitrogen and oxygen atoms in total. The third-order valence-electron chi connectivity index (χ3n) is 32.1. The number of nitrogens with two attached hydrogens (primary N) is 3. The van der Waals surface area contributed by atoms with Crippen LogP contribution < -0.4 is 86.3 Å². The highest BCUT2D eigenvalue weighted by Crippen LogP contribution is 2.67. The first-order chi connectivity index (χ1) is 69.0.